The van der Waals surface area contributed by atoms with Crippen LogP contribution in [0, 0.1) is 5.41 Å². The molecule has 2 atom stereocenters. The highest BCUT2D eigenvalue weighted by atomic mass is 16.1. The molecule has 2 unspecified atom stereocenters. The summed E-state index contributed by atoms with van der Waals surface area (Å²) in [5.41, 5.74) is 1.83. The SMILES string of the molecule is CC1=CC(c2ccccc2)C=CC1(C)C(=O)/C=C/N(C)C. The number of rotatable bonds is 4. The Hall–Kier alpha value is -2.09. The van der Waals surface area contributed by atoms with Gasteiger partial charge in [-0.05, 0) is 25.5 Å². The largest absolute Gasteiger partial charge is 0.383 e. The van der Waals surface area contributed by atoms with E-state index in [0.29, 0.717) is 0 Å². The van der Waals surface area contributed by atoms with Gasteiger partial charge in [0.25, 0.3) is 0 Å². The van der Waals surface area contributed by atoms with Gasteiger partial charge in [-0.3, -0.25) is 4.79 Å². The topological polar surface area (TPSA) is 20.3 Å². The highest BCUT2D eigenvalue weighted by Crippen LogP contribution is 2.38. The minimum Gasteiger partial charge on any atom is -0.383 e. The maximum Gasteiger partial charge on any atom is 0.170 e. The number of ketones is 1. The number of carbonyl (C=O) groups is 1. The molecule has 0 heterocycles. The van der Waals surface area contributed by atoms with E-state index in [4.69, 9.17) is 0 Å². The molecule has 0 amide bonds. The highest BCUT2D eigenvalue weighted by Gasteiger charge is 2.33. The van der Waals surface area contributed by atoms with Crippen LogP contribution in [-0.4, -0.2) is 24.8 Å². The molecule has 2 nitrogen and oxygen atoms in total. The molecule has 0 N–H and O–H groups in total. The molecule has 2 rings (SSSR count). The van der Waals surface area contributed by atoms with Crippen LogP contribution >= 0.6 is 0 Å². The first kappa shape index (κ1) is 15.3. The first-order chi connectivity index (χ1) is 9.93. The van der Waals surface area contributed by atoms with Crippen LogP contribution in [0.4, 0.5) is 0 Å². The van der Waals surface area contributed by atoms with E-state index in [0.717, 1.165) is 5.57 Å². The van der Waals surface area contributed by atoms with Crippen LogP contribution in [-0.2, 0) is 4.79 Å². The van der Waals surface area contributed by atoms with Crippen molar-refractivity contribution in [2.24, 2.45) is 5.41 Å². The van der Waals surface area contributed by atoms with Gasteiger partial charge in [0.05, 0.1) is 5.41 Å². The second-order valence-corrected chi connectivity index (χ2v) is 5.99. The van der Waals surface area contributed by atoms with Crippen LogP contribution in [0.2, 0.25) is 0 Å². The number of benzene rings is 1. The molecule has 0 saturated heterocycles. The first-order valence-electron chi connectivity index (χ1n) is 7.26. The Bertz CT molecular complexity index is 595. The molecular formula is C19H23NO. The van der Waals surface area contributed by atoms with Crippen molar-refractivity contribution in [1.82, 2.24) is 4.90 Å². The Morgan fingerprint density at radius 1 is 1.24 bits per heavy atom. The number of hydrogen-bond acceptors (Lipinski definition) is 2. The van der Waals surface area contributed by atoms with Crippen LogP contribution in [0.25, 0.3) is 0 Å². The van der Waals surface area contributed by atoms with Gasteiger partial charge in [0.15, 0.2) is 5.78 Å². The van der Waals surface area contributed by atoms with E-state index in [1.165, 1.54) is 5.56 Å². The lowest BCUT2D eigenvalue weighted by Crippen LogP contribution is -2.28. The first-order valence-corrected chi connectivity index (χ1v) is 7.26. The third-order valence-corrected chi connectivity index (χ3v) is 4.11. The fourth-order valence-corrected chi connectivity index (χ4v) is 2.47. The lowest BCUT2D eigenvalue weighted by molar-refractivity contribution is -0.119. The zero-order valence-electron chi connectivity index (χ0n) is 13.2. The molecule has 0 aromatic heterocycles. The van der Waals surface area contributed by atoms with Crippen molar-refractivity contribution in [3.63, 3.8) is 0 Å². The molecule has 110 valence electrons. The van der Waals surface area contributed by atoms with Crippen molar-refractivity contribution < 1.29 is 4.79 Å². The van der Waals surface area contributed by atoms with Crippen LogP contribution < -0.4 is 0 Å². The van der Waals surface area contributed by atoms with Crippen LogP contribution in [0.5, 0.6) is 0 Å². The maximum atomic E-state index is 12.5. The van der Waals surface area contributed by atoms with Gasteiger partial charge in [-0.15, -0.1) is 0 Å². The zero-order chi connectivity index (χ0) is 15.5. The Morgan fingerprint density at radius 2 is 1.90 bits per heavy atom. The van der Waals surface area contributed by atoms with E-state index in [9.17, 15) is 4.79 Å². The maximum absolute atomic E-state index is 12.5. The van der Waals surface area contributed by atoms with Gasteiger partial charge in [-0.1, -0.05) is 54.1 Å². The monoisotopic (exact) mass is 281 g/mol. The van der Waals surface area contributed by atoms with E-state index < -0.39 is 5.41 Å². The van der Waals surface area contributed by atoms with Gasteiger partial charge < -0.3 is 4.90 Å². The molecule has 0 aliphatic heterocycles. The van der Waals surface area contributed by atoms with Gasteiger partial charge >= 0.3 is 0 Å². The van der Waals surface area contributed by atoms with E-state index in [2.05, 4.69) is 24.3 Å². The van der Waals surface area contributed by atoms with Crippen LogP contribution in [0.3, 0.4) is 0 Å². The van der Waals surface area contributed by atoms with Gasteiger partial charge in [0.1, 0.15) is 0 Å². The number of carbonyl (C=O) groups excluding carboxylic acids is 1. The van der Waals surface area contributed by atoms with Gasteiger partial charge in [0.2, 0.25) is 0 Å². The Kier molecular flexibility index (Phi) is 4.46. The Balaban J connectivity index is 2.23. The van der Waals surface area contributed by atoms with Crippen molar-refractivity contribution in [2.75, 3.05) is 14.1 Å². The predicted octanol–water partition coefficient (Wildman–Crippen LogP) is 3.94. The van der Waals surface area contributed by atoms with Crippen LogP contribution in [0.1, 0.15) is 25.3 Å². The average Bonchev–Trinajstić information content (AvgIpc) is 2.48. The fraction of sp³-hybridized carbons (Fsp3) is 0.316. The van der Waals surface area contributed by atoms with Crippen molar-refractivity contribution in [3.05, 3.63) is 72.0 Å². The summed E-state index contributed by atoms with van der Waals surface area (Å²) in [6.07, 6.45) is 9.82. The molecule has 1 aliphatic carbocycles. The average molecular weight is 281 g/mol. The summed E-state index contributed by atoms with van der Waals surface area (Å²) < 4.78 is 0. The number of hydrogen-bond donors (Lipinski definition) is 0. The molecule has 1 aliphatic rings. The number of allylic oxidation sites excluding steroid dienone is 5. The van der Waals surface area contributed by atoms with Gasteiger partial charge in [-0.2, -0.15) is 0 Å². The third kappa shape index (κ3) is 3.33. The van der Waals surface area contributed by atoms with Crippen molar-refractivity contribution in [2.45, 2.75) is 19.8 Å². The molecule has 0 radical (unpaired) electrons. The summed E-state index contributed by atoms with van der Waals surface area (Å²) in [6, 6.07) is 10.4. The molecule has 1 aromatic rings. The lowest BCUT2D eigenvalue weighted by atomic mass is 9.73. The molecule has 2 heteroatoms. The van der Waals surface area contributed by atoms with E-state index in [1.807, 2.05) is 57.1 Å². The molecule has 0 saturated carbocycles. The summed E-state index contributed by atoms with van der Waals surface area (Å²) in [6.45, 7) is 4.03. The standard InChI is InChI=1S/C19H23NO/c1-15-14-17(16-8-6-5-7-9-16)10-12-19(15,2)18(21)11-13-20(3)4/h5-14,17H,1-4H3/b13-11+. The minimum atomic E-state index is -0.530. The van der Waals surface area contributed by atoms with Crippen molar-refractivity contribution >= 4 is 5.78 Å². The highest BCUT2D eigenvalue weighted by molar-refractivity contribution is 5.98. The lowest BCUT2D eigenvalue weighted by Gasteiger charge is -2.30. The Morgan fingerprint density at radius 3 is 2.48 bits per heavy atom. The predicted molar refractivity (Wildman–Crippen MR) is 88.0 cm³/mol. The van der Waals surface area contributed by atoms with Crippen LogP contribution in [0.15, 0.2) is 66.4 Å². The fourth-order valence-electron chi connectivity index (χ4n) is 2.47. The van der Waals surface area contributed by atoms with Crippen molar-refractivity contribution in [1.29, 1.82) is 0 Å². The summed E-state index contributed by atoms with van der Waals surface area (Å²) in [4.78, 5) is 14.3. The molecular weight excluding hydrogens is 258 g/mol. The minimum absolute atomic E-state index is 0.118. The van der Waals surface area contributed by atoms with E-state index in [1.54, 1.807) is 12.3 Å². The smallest absolute Gasteiger partial charge is 0.170 e. The molecule has 0 fully saturated rings. The second kappa shape index (κ2) is 6.13. The summed E-state index contributed by atoms with van der Waals surface area (Å²) in [5, 5.41) is 0. The Labute approximate surface area is 127 Å². The molecule has 0 bridgehead atoms. The number of nitrogens with zero attached hydrogens (tertiary/aromatic N) is 1. The van der Waals surface area contributed by atoms with E-state index >= 15 is 0 Å². The molecule has 0 spiro atoms. The van der Waals surface area contributed by atoms with Gasteiger partial charge in [0, 0.05) is 26.2 Å². The summed E-state index contributed by atoms with van der Waals surface area (Å²) in [5.74, 6) is 0.373. The second-order valence-electron chi connectivity index (χ2n) is 5.99. The third-order valence-electron chi connectivity index (χ3n) is 4.11. The van der Waals surface area contributed by atoms with E-state index in [-0.39, 0.29) is 11.7 Å². The molecule has 1 aromatic carbocycles. The summed E-state index contributed by atoms with van der Waals surface area (Å²) >= 11 is 0. The normalized spacial score (nSPS) is 25.0. The summed E-state index contributed by atoms with van der Waals surface area (Å²) in [7, 11) is 3.83. The van der Waals surface area contributed by atoms with Crippen molar-refractivity contribution in [3.8, 4) is 0 Å². The molecule has 21 heavy (non-hydrogen) atoms. The zero-order valence-corrected chi connectivity index (χ0v) is 13.2. The van der Waals surface area contributed by atoms with Gasteiger partial charge in [-0.25, -0.2) is 0 Å². The quantitative estimate of drug-likeness (QED) is 0.615.